The molecule has 0 fully saturated rings. The molecule has 0 aromatic heterocycles. The van der Waals surface area contributed by atoms with Crippen molar-refractivity contribution in [3.05, 3.63) is 89.5 Å². The molecule has 0 heterocycles. The summed E-state index contributed by atoms with van der Waals surface area (Å²) in [6, 6.07) is 21.9. The summed E-state index contributed by atoms with van der Waals surface area (Å²) in [5, 5.41) is 11.4. The lowest BCUT2D eigenvalue weighted by Crippen LogP contribution is -2.16. The van der Waals surface area contributed by atoms with Crippen LogP contribution in [0.2, 0.25) is 0 Å². The number of rotatable bonds is 6. The second-order valence-electron chi connectivity index (χ2n) is 6.43. The minimum absolute atomic E-state index is 0.00206. The number of anilines is 2. The Hall–Kier alpha value is -3.63. The van der Waals surface area contributed by atoms with Gasteiger partial charge < -0.3 is 5.32 Å². The molecular formula is C22H19N3O3S. The van der Waals surface area contributed by atoms with Crippen molar-refractivity contribution in [1.82, 2.24) is 0 Å². The molecule has 0 aliphatic rings. The topological polar surface area (TPSA) is 99.1 Å². The molecule has 0 aliphatic carbocycles. The summed E-state index contributed by atoms with van der Waals surface area (Å²) in [6.07, 6.45) is 0.294. The zero-order valence-corrected chi connectivity index (χ0v) is 16.5. The van der Waals surface area contributed by atoms with Gasteiger partial charge in [-0.15, -0.1) is 0 Å². The number of nitrogens with zero attached hydrogens (tertiary/aromatic N) is 1. The van der Waals surface area contributed by atoms with Crippen LogP contribution in [0.15, 0.2) is 77.7 Å². The van der Waals surface area contributed by atoms with Crippen LogP contribution in [-0.4, -0.2) is 14.3 Å². The normalized spacial score (nSPS) is 10.8. The highest BCUT2D eigenvalue weighted by Gasteiger charge is 2.17. The fourth-order valence-electron chi connectivity index (χ4n) is 2.70. The van der Waals surface area contributed by atoms with E-state index in [0.29, 0.717) is 17.8 Å². The summed E-state index contributed by atoms with van der Waals surface area (Å²) in [5.74, 6) is -0.425. The SMILES string of the molecule is Cc1ccccc1NS(=O)(=O)c1cccc(C(=O)Nc2ccc(CC#N)cc2)c1. The standard InChI is InChI=1S/C22H19N3O3S/c1-16-5-2-3-8-21(16)25-29(27,28)20-7-4-6-18(15-20)22(26)24-19-11-9-17(10-12-19)13-14-23/h2-12,15,25H,13H2,1H3,(H,24,26). The van der Waals surface area contributed by atoms with E-state index < -0.39 is 15.9 Å². The smallest absolute Gasteiger partial charge is 0.261 e. The number of para-hydroxylation sites is 1. The van der Waals surface area contributed by atoms with Gasteiger partial charge in [-0.2, -0.15) is 5.26 Å². The highest BCUT2D eigenvalue weighted by atomic mass is 32.2. The Morgan fingerprint density at radius 1 is 1.00 bits per heavy atom. The van der Waals surface area contributed by atoms with Gasteiger partial charge in [0.25, 0.3) is 15.9 Å². The van der Waals surface area contributed by atoms with E-state index in [-0.39, 0.29) is 10.5 Å². The van der Waals surface area contributed by atoms with Crippen molar-refractivity contribution in [2.24, 2.45) is 0 Å². The molecule has 2 N–H and O–H groups in total. The van der Waals surface area contributed by atoms with Gasteiger partial charge in [-0.1, -0.05) is 36.4 Å². The molecule has 0 unspecified atom stereocenters. The number of sulfonamides is 1. The van der Waals surface area contributed by atoms with Gasteiger partial charge >= 0.3 is 0 Å². The summed E-state index contributed by atoms with van der Waals surface area (Å²) < 4.78 is 28.0. The average molecular weight is 405 g/mol. The zero-order valence-electron chi connectivity index (χ0n) is 15.7. The van der Waals surface area contributed by atoms with Crippen LogP contribution in [0.3, 0.4) is 0 Å². The molecular weight excluding hydrogens is 386 g/mol. The van der Waals surface area contributed by atoms with Crippen molar-refractivity contribution < 1.29 is 13.2 Å². The van der Waals surface area contributed by atoms with Gasteiger partial charge in [0.2, 0.25) is 0 Å². The third kappa shape index (κ3) is 5.00. The molecule has 6 nitrogen and oxygen atoms in total. The van der Waals surface area contributed by atoms with E-state index in [9.17, 15) is 13.2 Å². The van der Waals surface area contributed by atoms with E-state index in [0.717, 1.165) is 11.1 Å². The molecule has 0 bridgehead atoms. The molecule has 0 saturated carbocycles. The summed E-state index contributed by atoms with van der Waals surface area (Å²) in [7, 11) is -3.84. The third-order valence-electron chi connectivity index (χ3n) is 4.29. The number of hydrogen-bond acceptors (Lipinski definition) is 4. The number of aryl methyl sites for hydroxylation is 1. The minimum atomic E-state index is -3.84. The number of benzene rings is 3. The Morgan fingerprint density at radius 2 is 1.72 bits per heavy atom. The Labute approximate surface area is 169 Å². The van der Waals surface area contributed by atoms with E-state index >= 15 is 0 Å². The number of carbonyl (C=O) groups is 1. The van der Waals surface area contributed by atoms with Crippen molar-refractivity contribution in [3.63, 3.8) is 0 Å². The molecule has 1 amide bonds. The molecule has 0 spiro atoms. The van der Waals surface area contributed by atoms with Gasteiger partial charge in [0, 0.05) is 11.3 Å². The Kier molecular flexibility index (Phi) is 5.96. The molecule has 3 rings (SSSR count). The number of amides is 1. The molecule has 7 heteroatoms. The second-order valence-corrected chi connectivity index (χ2v) is 8.12. The van der Waals surface area contributed by atoms with Gasteiger partial charge in [0.15, 0.2) is 0 Å². The predicted octanol–water partition coefficient (Wildman–Crippen LogP) is 4.11. The lowest BCUT2D eigenvalue weighted by molar-refractivity contribution is 0.102. The molecule has 3 aromatic rings. The summed E-state index contributed by atoms with van der Waals surface area (Å²) >= 11 is 0. The van der Waals surface area contributed by atoms with Crippen molar-refractivity contribution >= 4 is 27.3 Å². The van der Waals surface area contributed by atoms with Crippen LogP contribution in [0.4, 0.5) is 11.4 Å². The quantitative estimate of drug-likeness (QED) is 0.644. The van der Waals surface area contributed by atoms with Crippen molar-refractivity contribution in [2.45, 2.75) is 18.2 Å². The molecule has 0 aliphatic heterocycles. The second kappa shape index (κ2) is 8.59. The van der Waals surface area contributed by atoms with Crippen molar-refractivity contribution in [2.75, 3.05) is 10.0 Å². The van der Waals surface area contributed by atoms with Crippen LogP contribution >= 0.6 is 0 Å². The first-order valence-electron chi connectivity index (χ1n) is 8.85. The Bertz CT molecular complexity index is 1180. The minimum Gasteiger partial charge on any atom is -0.322 e. The highest BCUT2D eigenvalue weighted by Crippen LogP contribution is 2.20. The van der Waals surface area contributed by atoms with Crippen LogP contribution < -0.4 is 10.0 Å². The highest BCUT2D eigenvalue weighted by molar-refractivity contribution is 7.92. The molecule has 0 saturated heterocycles. The fraction of sp³-hybridized carbons (Fsp3) is 0.0909. The van der Waals surface area contributed by atoms with Gasteiger partial charge in [-0.3, -0.25) is 9.52 Å². The van der Waals surface area contributed by atoms with Gasteiger partial charge in [-0.25, -0.2) is 8.42 Å². The fourth-order valence-corrected chi connectivity index (χ4v) is 3.87. The maximum atomic E-state index is 12.7. The van der Waals surface area contributed by atoms with Crippen LogP contribution in [0.1, 0.15) is 21.5 Å². The first-order chi connectivity index (χ1) is 13.9. The van der Waals surface area contributed by atoms with Crippen LogP contribution in [0.5, 0.6) is 0 Å². The van der Waals surface area contributed by atoms with E-state index in [1.165, 1.54) is 18.2 Å². The maximum absolute atomic E-state index is 12.7. The summed E-state index contributed by atoms with van der Waals surface area (Å²) in [6.45, 7) is 1.81. The first-order valence-corrected chi connectivity index (χ1v) is 10.3. The Balaban J connectivity index is 1.78. The monoisotopic (exact) mass is 405 g/mol. The number of hydrogen-bond donors (Lipinski definition) is 2. The van der Waals surface area contributed by atoms with Crippen molar-refractivity contribution in [1.29, 1.82) is 5.26 Å². The van der Waals surface area contributed by atoms with Gasteiger partial charge in [0.05, 0.1) is 23.1 Å². The summed E-state index contributed by atoms with van der Waals surface area (Å²) in [4.78, 5) is 12.5. The van der Waals surface area contributed by atoms with Crippen LogP contribution in [0, 0.1) is 18.3 Å². The van der Waals surface area contributed by atoms with E-state index in [2.05, 4.69) is 16.1 Å². The lowest BCUT2D eigenvalue weighted by Gasteiger charge is -2.11. The van der Waals surface area contributed by atoms with Crippen LogP contribution in [0.25, 0.3) is 0 Å². The van der Waals surface area contributed by atoms with Gasteiger partial charge in [-0.05, 0) is 54.4 Å². The third-order valence-corrected chi connectivity index (χ3v) is 5.65. The molecule has 0 atom stereocenters. The van der Waals surface area contributed by atoms with E-state index in [1.54, 1.807) is 42.5 Å². The average Bonchev–Trinajstić information content (AvgIpc) is 2.71. The van der Waals surface area contributed by atoms with Crippen LogP contribution in [-0.2, 0) is 16.4 Å². The van der Waals surface area contributed by atoms with Crippen molar-refractivity contribution in [3.8, 4) is 6.07 Å². The zero-order chi connectivity index (χ0) is 20.9. The van der Waals surface area contributed by atoms with Gasteiger partial charge in [0.1, 0.15) is 0 Å². The molecule has 146 valence electrons. The first kappa shape index (κ1) is 20.1. The largest absolute Gasteiger partial charge is 0.322 e. The maximum Gasteiger partial charge on any atom is 0.261 e. The van der Waals surface area contributed by atoms with E-state index in [4.69, 9.17) is 5.26 Å². The number of nitriles is 1. The summed E-state index contributed by atoms with van der Waals surface area (Å²) in [5.41, 5.74) is 2.91. The molecule has 0 radical (unpaired) electrons. The lowest BCUT2D eigenvalue weighted by atomic mass is 10.1. The molecule has 29 heavy (non-hydrogen) atoms. The number of carbonyl (C=O) groups excluding carboxylic acids is 1. The molecule has 3 aromatic carbocycles. The predicted molar refractivity (Wildman–Crippen MR) is 112 cm³/mol. The van der Waals surface area contributed by atoms with E-state index in [1.807, 2.05) is 19.1 Å². The number of nitrogens with one attached hydrogen (secondary N) is 2. The Morgan fingerprint density at radius 3 is 2.41 bits per heavy atom.